The Morgan fingerprint density at radius 2 is 0.561 bits per heavy atom. The summed E-state index contributed by atoms with van der Waals surface area (Å²) in [5, 5.41) is 29.3. The molecule has 0 spiro atoms. The van der Waals surface area contributed by atoms with E-state index in [2.05, 4.69) is 249 Å². The van der Waals surface area contributed by atoms with Crippen molar-refractivity contribution in [3.8, 4) is 44.5 Å². The van der Waals surface area contributed by atoms with Crippen molar-refractivity contribution < 1.29 is 9.85 Å². The van der Waals surface area contributed by atoms with Gasteiger partial charge in [0.1, 0.15) is 6.67 Å². The molecule has 496 valence electrons. The second-order valence-corrected chi connectivity index (χ2v) is 25.1. The van der Waals surface area contributed by atoms with E-state index >= 15 is 0 Å². The number of hydrogen-bond acceptors (Lipinski definition) is 10. The van der Waals surface area contributed by atoms with Crippen molar-refractivity contribution in [2.45, 2.75) is 90.5 Å². The van der Waals surface area contributed by atoms with Crippen LogP contribution in [0.25, 0.3) is 44.5 Å². The number of nitrogens with two attached hydrogens (primary N) is 2. The highest BCUT2D eigenvalue weighted by molar-refractivity contribution is 5.95. The highest BCUT2D eigenvalue weighted by Gasteiger charge is 2.30. The van der Waals surface area contributed by atoms with Crippen molar-refractivity contribution in [3.05, 3.63) is 330 Å². The number of nitrogens with one attached hydrogen (secondary N) is 2. The first-order valence-electron chi connectivity index (χ1n) is 32.5. The number of nitrogen functional groups attached to an aromatic ring is 2. The van der Waals surface area contributed by atoms with E-state index in [0.29, 0.717) is 0 Å². The molecular weight excluding hydrogens is 1210 g/mol. The van der Waals surface area contributed by atoms with Crippen LogP contribution in [0.1, 0.15) is 74.2 Å². The number of anilines is 10. The molecule has 12 heteroatoms. The van der Waals surface area contributed by atoms with Gasteiger partial charge in [-0.3, -0.25) is 20.2 Å². The van der Waals surface area contributed by atoms with Crippen LogP contribution in [0, 0.1) is 103 Å². The summed E-state index contributed by atoms with van der Waals surface area (Å²) >= 11 is 0. The van der Waals surface area contributed by atoms with E-state index < -0.39 is 9.85 Å². The number of benzene rings is 12. The van der Waals surface area contributed by atoms with Gasteiger partial charge in [0.25, 0.3) is 11.4 Å². The second-order valence-electron chi connectivity index (χ2n) is 25.1. The molecule has 0 saturated heterocycles. The van der Waals surface area contributed by atoms with Crippen LogP contribution in [0.15, 0.2) is 243 Å². The van der Waals surface area contributed by atoms with Crippen LogP contribution < -0.4 is 31.9 Å². The highest BCUT2D eigenvalue weighted by atomic mass is 16.6. The number of para-hydroxylation sites is 8. The van der Waals surface area contributed by atoms with Crippen LogP contribution in [0.2, 0.25) is 0 Å². The summed E-state index contributed by atoms with van der Waals surface area (Å²) in [6.07, 6.45) is 0. The minimum Gasteiger partial charge on any atom is -0.398 e. The predicted octanol–water partition coefficient (Wildman–Crippen LogP) is 23.5. The van der Waals surface area contributed by atoms with E-state index in [1.807, 2.05) is 48.5 Å². The smallest absolute Gasteiger partial charge is 0.277 e. The number of nitrogens with zero attached hydrogens (tertiary/aromatic N) is 4. The van der Waals surface area contributed by atoms with Gasteiger partial charge in [-0.15, -0.1) is 0 Å². The first-order chi connectivity index (χ1) is 46.6. The van der Waals surface area contributed by atoms with Crippen LogP contribution in [-0.2, 0) is 0 Å². The summed E-state index contributed by atoms with van der Waals surface area (Å²) in [4.78, 5) is 25.7. The fraction of sp³-hybridized carbons (Fsp3) is 0.163. The molecule has 0 saturated carbocycles. The third-order valence-electron chi connectivity index (χ3n) is 17.5. The minimum absolute atomic E-state index is 0. The summed E-state index contributed by atoms with van der Waals surface area (Å²) in [6.45, 7) is 27.0. The van der Waals surface area contributed by atoms with Crippen LogP contribution in [0.3, 0.4) is 0 Å². The van der Waals surface area contributed by atoms with E-state index in [-0.39, 0.29) is 29.9 Å². The normalized spacial score (nSPS) is 11.1. The third-order valence-corrected chi connectivity index (χ3v) is 17.5. The van der Waals surface area contributed by atoms with Gasteiger partial charge in [-0.2, -0.15) is 0 Å². The van der Waals surface area contributed by atoms with Gasteiger partial charge in [-0.05, 0) is 176 Å². The van der Waals surface area contributed by atoms with Crippen molar-refractivity contribution in [2.24, 2.45) is 0 Å². The Bertz CT molecular complexity index is 4500. The fourth-order valence-corrected chi connectivity index (χ4v) is 13.6. The topological polar surface area (TPSA) is 169 Å². The average molecular weight is 1300 g/mol. The van der Waals surface area contributed by atoms with Gasteiger partial charge >= 0.3 is 0 Å². The van der Waals surface area contributed by atoms with Crippen LogP contribution in [-0.4, -0.2) is 16.5 Å². The molecule has 12 aromatic rings. The van der Waals surface area contributed by atoms with Gasteiger partial charge in [0.15, 0.2) is 0 Å². The quantitative estimate of drug-likeness (QED) is 0.0556. The number of aryl methyl sites for hydroxylation is 12. The summed E-state index contributed by atoms with van der Waals surface area (Å²) in [7, 11) is 0. The lowest BCUT2D eigenvalue weighted by atomic mass is 9.99. The van der Waals surface area contributed by atoms with Gasteiger partial charge in [-0.25, -0.2) is 0 Å². The maximum atomic E-state index is 10.9. The zero-order valence-corrected chi connectivity index (χ0v) is 57.4. The van der Waals surface area contributed by atoms with E-state index in [1.165, 1.54) is 160 Å². The number of hydrogen-bond donors (Lipinski definition) is 4. The molecule has 6 N–H and O–H groups in total. The molecule has 0 amide bonds. The SMILES string of the molecule is C.Cc1cc(C)c(N2CN(c3c(C)cc(C)cc3C)c3ccccc3-c3ccccc32)c(C)c1.Cc1cc(C)c(Nc2ccccc2-c2ccccc2Nc2c(C)cc(C)cc2C)c(C)c1.Nc1ccccc1-c1ccccc1N.O=[N+]([O-])c1ccccc1-c1ccccc1[N+](=O)[O-]. The molecule has 0 atom stereocenters. The van der Waals surface area contributed by atoms with E-state index in [0.717, 1.165) is 40.5 Å². The lowest BCUT2D eigenvalue weighted by molar-refractivity contribution is -0.386. The zero-order chi connectivity index (χ0) is 69.2. The Balaban J connectivity index is 0.000000161. The average Bonchev–Trinajstić information content (AvgIpc) is 1.59. The van der Waals surface area contributed by atoms with Crippen molar-refractivity contribution in [2.75, 3.05) is 38.6 Å². The molecule has 12 aromatic carbocycles. The molecule has 12 nitrogen and oxygen atoms in total. The molecule has 0 aromatic heterocycles. The highest BCUT2D eigenvalue weighted by Crippen LogP contribution is 2.48. The van der Waals surface area contributed by atoms with Gasteiger partial charge in [0, 0.05) is 91.0 Å². The predicted molar refractivity (Wildman–Crippen MR) is 415 cm³/mol. The summed E-state index contributed by atoms with van der Waals surface area (Å²) in [6, 6.07) is 80.3. The lowest BCUT2D eigenvalue weighted by Crippen LogP contribution is -2.33. The third kappa shape index (κ3) is 15.8. The van der Waals surface area contributed by atoms with E-state index in [9.17, 15) is 20.2 Å². The Labute approximate surface area is 578 Å². The lowest BCUT2D eigenvalue weighted by Gasteiger charge is -2.35. The first kappa shape index (κ1) is 70.6. The van der Waals surface area contributed by atoms with Gasteiger partial charge in [-0.1, -0.05) is 212 Å². The van der Waals surface area contributed by atoms with E-state index in [4.69, 9.17) is 11.5 Å². The standard InChI is InChI=1S/C31H32N2.C30H32N2.C12H8N2O4.C12H12N2.CH4/c1-20-15-22(3)30(23(4)16-20)32-19-33(31-24(5)17-21(2)18-25(31)6)29-14-10-8-12-27(29)26-11-7-9-13-28(26)32;1-19-15-21(3)29(22(4)16-19)31-27-13-9-7-11-25(27)26-12-8-10-14-28(26)32-30-23(5)17-20(2)18-24(30)6;15-13(16)11-7-3-1-5-9(11)10-6-2-4-8-12(10)14(17)18;13-11-7-3-1-5-9(11)10-6-2-4-8-12(10)14;/h7-18H,19H2,1-6H3;7-18,31-32H,1-6H3;1-8H;1-8H,13-14H2;1H4. The summed E-state index contributed by atoms with van der Waals surface area (Å²) < 4.78 is 0. The summed E-state index contributed by atoms with van der Waals surface area (Å²) in [5.41, 5.74) is 45.5. The summed E-state index contributed by atoms with van der Waals surface area (Å²) in [5.74, 6) is 0. The number of rotatable bonds is 11. The van der Waals surface area contributed by atoms with Crippen molar-refractivity contribution >= 4 is 68.2 Å². The molecule has 0 radical (unpaired) electrons. The number of fused-ring (bicyclic) bond motifs is 3. The molecule has 1 aliphatic heterocycles. The Morgan fingerprint density at radius 3 is 0.867 bits per heavy atom. The van der Waals surface area contributed by atoms with Gasteiger partial charge in [0.05, 0.1) is 32.3 Å². The molecule has 13 rings (SSSR count). The monoisotopic (exact) mass is 1300 g/mol. The zero-order valence-electron chi connectivity index (χ0n) is 57.4. The molecule has 0 unspecified atom stereocenters. The van der Waals surface area contributed by atoms with Gasteiger partial charge < -0.3 is 31.9 Å². The minimum atomic E-state index is -0.550. The van der Waals surface area contributed by atoms with Crippen molar-refractivity contribution in [1.29, 1.82) is 0 Å². The van der Waals surface area contributed by atoms with Crippen LogP contribution >= 0.6 is 0 Å². The maximum Gasteiger partial charge on any atom is 0.277 e. The van der Waals surface area contributed by atoms with E-state index in [1.54, 1.807) is 12.1 Å². The van der Waals surface area contributed by atoms with Crippen molar-refractivity contribution in [3.63, 3.8) is 0 Å². The molecular formula is C86H88N8O4. The number of nitro benzene ring substituents is 2. The van der Waals surface area contributed by atoms with Crippen LogP contribution in [0.4, 0.5) is 68.2 Å². The fourth-order valence-electron chi connectivity index (χ4n) is 13.6. The molecule has 0 bridgehead atoms. The Morgan fingerprint density at radius 1 is 0.316 bits per heavy atom. The maximum absolute atomic E-state index is 10.9. The number of nitro groups is 2. The molecule has 1 aliphatic rings. The van der Waals surface area contributed by atoms with Crippen molar-refractivity contribution in [1.82, 2.24) is 0 Å². The molecule has 0 fully saturated rings. The molecule has 98 heavy (non-hydrogen) atoms. The Kier molecular flexibility index (Phi) is 22.5. The molecule has 1 heterocycles. The van der Waals surface area contributed by atoms with Crippen LogP contribution in [0.5, 0.6) is 0 Å². The largest absolute Gasteiger partial charge is 0.398 e. The van der Waals surface area contributed by atoms with Gasteiger partial charge in [0.2, 0.25) is 0 Å². The molecule has 0 aliphatic carbocycles. The Hall–Kier alpha value is -11.8. The second kappa shape index (κ2) is 31.2. The first-order valence-corrected chi connectivity index (χ1v) is 32.5.